The average Bonchev–Trinajstić information content (AvgIpc) is 2.82. The minimum absolute atomic E-state index is 0.220. The number of fused-ring (bicyclic) bond motifs is 1. The maximum Gasteiger partial charge on any atom is 0.410 e. The molecule has 0 bridgehead atoms. The molecule has 1 amide bonds. The van der Waals surface area contributed by atoms with Gasteiger partial charge < -0.3 is 15.0 Å². The quantitative estimate of drug-likeness (QED) is 0.818. The highest BCUT2D eigenvalue weighted by molar-refractivity contribution is 7.91. The van der Waals surface area contributed by atoms with Crippen molar-refractivity contribution in [2.24, 2.45) is 11.8 Å². The Balaban J connectivity index is 1.43. The van der Waals surface area contributed by atoms with Crippen LogP contribution in [0.4, 0.5) is 4.79 Å². The van der Waals surface area contributed by atoms with Gasteiger partial charge in [-0.15, -0.1) is 0 Å². The fraction of sp³-hybridized carbons (Fsp3) is 0.933. The van der Waals surface area contributed by atoms with Crippen molar-refractivity contribution in [1.29, 1.82) is 0 Å². The molecule has 2 unspecified atom stereocenters. The van der Waals surface area contributed by atoms with Gasteiger partial charge in [0.1, 0.15) is 15.4 Å². The lowest BCUT2D eigenvalue weighted by molar-refractivity contribution is 0.0268. The molecule has 1 saturated carbocycles. The number of nitrogens with zero attached hydrogens (tertiary/aromatic N) is 1. The van der Waals surface area contributed by atoms with E-state index in [0.717, 1.165) is 13.1 Å². The van der Waals surface area contributed by atoms with E-state index >= 15 is 0 Å². The number of nitrogens with one attached hydrogen (secondary N) is 1. The van der Waals surface area contributed by atoms with E-state index < -0.39 is 15.4 Å². The van der Waals surface area contributed by atoms with Crippen molar-refractivity contribution in [3.63, 3.8) is 0 Å². The predicted octanol–water partition coefficient (Wildman–Crippen LogP) is 1.02. The Bertz CT molecular complexity index is 528. The third-order valence-electron chi connectivity index (χ3n) is 4.83. The number of carbonyl (C=O) groups excluding carboxylic acids is 1. The van der Waals surface area contributed by atoms with Crippen LogP contribution in [-0.4, -0.2) is 61.7 Å². The highest BCUT2D eigenvalue weighted by Gasteiger charge is 2.57. The van der Waals surface area contributed by atoms with E-state index in [0.29, 0.717) is 48.3 Å². The largest absolute Gasteiger partial charge is 0.444 e. The van der Waals surface area contributed by atoms with Crippen molar-refractivity contribution < 1.29 is 17.9 Å². The van der Waals surface area contributed by atoms with Gasteiger partial charge in [0.05, 0.1) is 11.5 Å². The van der Waals surface area contributed by atoms with Crippen molar-refractivity contribution in [3.05, 3.63) is 0 Å². The van der Waals surface area contributed by atoms with Crippen molar-refractivity contribution in [3.8, 4) is 0 Å². The third kappa shape index (κ3) is 3.56. The topological polar surface area (TPSA) is 75.7 Å². The fourth-order valence-electron chi connectivity index (χ4n) is 3.58. The number of rotatable bonds is 2. The molecule has 0 spiro atoms. The standard InChI is InChI=1S/C15H26N2O4S/c1-15(2,3)21-14(18)17-8-11-12(9-17)13(11)16-10-4-6-22(19,20)7-5-10/h10-13,16H,4-9H2,1-3H3. The molecule has 0 aromatic rings. The summed E-state index contributed by atoms with van der Waals surface area (Å²) in [7, 11) is -2.80. The Labute approximate surface area is 132 Å². The number of amides is 1. The van der Waals surface area contributed by atoms with E-state index in [2.05, 4.69) is 5.32 Å². The van der Waals surface area contributed by atoms with Gasteiger partial charge >= 0.3 is 6.09 Å². The highest BCUT2D eigenvalue weighted by Crippen LogP contribution is 2.46. The van der Waals surface area contributed by atoms with Crippen molar-refractivity contribution >= 4 is 15.9 Å². The summed E-state index contributed by atoms with van der Waals surface area (Å²) in [5.74, 6) is 1.62. The minimum Gasteiger partial charge on any atom is -0.444 e. The number of sulfone groups is 1. The predicted molar refractivity (Wildman–Crippen MR) is 83.4 cm³/mol. The molecule has 1 aliphatic carbocycles. The summed E-state index contributed by atoms with van der Waals surface area (Å²) in [5.41, 5.74) is -0.449. The normalized spacial score (nSPS) is 34.3. The molecule has 3 aliphatic rings. The lowest BCUT2D eigenvalue weighted by Crippen LogP contribution is -2.43. The van der Waals surface area contributed by atoms with Crippen LogP contribution in [0.2, 0.25) is 0 Å². The van der Waals surface area contributed by atoms with Gasteiger partial charge in [0.25, 0.3) is 0 Å². The van der Waals surface area contributed by atoms with Gasteiger partial charge in [0.2, 0.25) is 0 Å². The Morgan fingerprint density at radius 1 is 1.14 bits per heavy atom. The Morgan fingerprint density at radius 2 is 1.68 bits per heavy atom. The summed E-state index contributed by atoms with van der Waals surface area (Å²) in [6.45, 7) is 7.14. The number of likely N-dealkylation sites (tertiary alicyclic amines) is 1. The zero-order valence-electron chi connectivity index (χ0n) is 13.5. The smallest absolute Gasteiger partial charge is 0.410 e. The monoisotopic (exact) mass is 330 g/mol. The first-order valence-corrected chi connectivity index (χ1v) is 9.91. The maximum absolute atomic E-state index is 12.0. The van der Waals surface area contributed by atoms with Crippen LogP contribution in [-0.2, 0) is 14.6 Å². The summed E-state index contributed by atoms with van der Waals surface area (Å²) in [6, 6.07) is 0.763. The molecule has 2 saturated heterocycles. The van der Waals surface area contributed by atoms with Crippen LogP contribution >= 0.6 is 0 Å². The van der Waals surface area contributed by atoms with Crippen LogP contribution in [0.25, 0.3) is 0 Å². The van der Waals surface area contributed by atoms with Crippen molar-refractivity contribution in [2.45, 2.75) is 51.3 Å². The van der Waals surface area contributed by atoms with Crippen LogP contribution in [0.15, 0.2) is 0 Å². The molecule has 22 heavy (non-hydrogen) atoms. The molecule has 0 radical (unpaired) electrons. The molecule has 3 rings (SSSR count). The number of hydrogen-bond acceptors (Lipinski definition) is 5. The summed E-state index contributed by atoms with van der Waals surface area (Å²) in [5, 5.41) is 3.60. The second-order valence-corrected chi connectivity index (χ2v) is 10.1. The van der Waals surface area contributed by atoms with Crippen LogP contribution < -0.4 is 5.32 Å². The molecule has 0 aromatic heterocycles. The van der Waals surface area contributed by atoms with Gasteiger partial charge in [-0.3, -0.25) is 0 Å². The summed E-state index contributed by atoms with van der Waals surface area (Å²) in [4.78, 5) is 13.8. The molecule has 126 valence electrons. The highest BCUT2D eigenvalue weighted by atomic mass is 32.2. The lowest BCUT2D eigenvalue weighted by atomic mass is 10.1. The van der Waals surface area contributed by atoms with Crippen LogP contribution in [0, 0.1) is 11.8 Å². The minimum atomic E-state index is -2.80. The van der Waals surface area contributed by atoms with Crippen LogP contribution in [0.1, 0.15) is 33.6 Å². The Morgan fingerprint density at radius 3 is 2.18 bits per heavy atom. The van der Waals surface area contributed by atoms with Gasteiger partial charge in [-0.25, -0.2) is 13.2 Å². The maximum atomic E-state index is 12.0. The summed E-state index contributed by atoms with van der Waals surface area (Å²) >= 11 is 0. The molecule has 2 atom stereocenters. The van der Waals surface area contributed by atoms with E-state index in [1.165, 1.54) is 0 Å². The first-order valence-electron chi connectivity index (χ1n) is 8.09. The Kier molecular flexibility index (Phi) is 3.92. The zero-order valence-corrected chi connectivity index (χ0v) is 14.4. The van der Waals surface area contributed by atoms with Gasteiger partial charge in [-0.2, -0.15) is 0 Å². The van der Waals surface area contributed by atoms with Gasteiger partial charge in [-0.05, 0) is 45.4 Å². The van der Waals surface area contributed by atoms with E-state index in [1.54, 1.807) is 4.90 Å². The number of piperidine rings is 1. The van der Waals surface area contributed by atoms with Gasteiger partial charge in [0.15, 0.2) is 0 Å². The molecule has 2 heterocycles. The molecule has 6 nitrogen and oxygen atoms in total. The number of carbonyl (C=O) groups is 1. The SMILES string of the molecule is CC(C)(C)OC(=O)N1CC2C(C1)C2NC1CCS(=O)(=O)CC1. The lowest BCUT2D eigenvalue weighted by Gasteiger charge is -2.27. The van der Waals surface area contributed by atoms with Crippen molar-refractivity contribution in [1.82, 2.24) is 10.2 Å². The van der Waals surface area contributed by atoms with Crippen LogP contribution in [0.3, 0.4) is 0 Å². The molecule has 7 heteroatoms. The molecule has 2 aliphatic heterocycles. The number of ether oxygens (including phenoxy) is 1. The number of hydrogen-bond donors (Lipinski definition) is 1. The summed E-state index contributed by atoms with van der Waals surface area (Å²) < 4.78 is 28.3. The second kappa shape index (κ2) is 5.37. The first-order chi connectivity index (χ1) is 10.1. The zero-order chi connectivity index (χ0) is 16.1. The van der Waals surface area contributed by atoms with E-state index in [9.17, 15) is 13.2 Å². The fourth-order valence-corrected chi connectivity index (χ4v) is 5.07. The second-order valence-electron chi connectivity index (χ2n) is 7.83. The van der Waals surface area contributed by atoms with E-state index in [1.807, 2.05) is 20.8 Å². The van der Waals surface area contributed by atoms with Gasteiger partial charge in [0, 0.05) is 25.2 Å². The average molecular weight is 330 g/mol. The Hall–Kier alpha value is -0.820. The molecule has 1 N–H and O–H groups in total. The molecule has 0 aromatic carbocycles. The van der Waals surface area contributed by atoms with E-state index in [-0.39, 0.29) is 6.09 Å². The van der Waals surface area contributed by atoms with Crippen molar-refractivity contribution in [2.75, 3.05) is 24.6 Å². The molecular formula is C15H26N2O4S. The first kappa shape index (κ1) is 16.1. The van der Waals surface area contributed by atoms with E-state index in [4.69, 9.17) is 4.74 Å². The summed E-state index contributed by atoms with van der Waals surface area (Å²) in [6.07, 6.45) is 1.21. The molecule has 3 fully saturated rings. The molecular weight excluding hydrogens is 304 g/mol. The van der Waals surface area contributed by atoms with Crippen LogP contribution in [0.5, 0.6) is 0 Å². The third-order valence-corrected chi connectivity index (χ3v) is 6.54. The van der Waals surface area contributed by atoms with Gasteiger partial charge in [-0.1, -0.05) is 0 Å².